The van der Waals surface area contributed by atoms with Gasteiger partial charge in [-0.25, -0.2) is 4.79 Å². The quantitative estimate of drug-likeness (QED) is 0.589. The van der Waals surface area contributed by atoms with Gasteiger partial charge in [0, 0.05) is 51.2 Å². The van der Waals surface area contributed by atoms with Gasteiger partial charge in [0.25, 0.3) is 5.56 Å². The molecule has 0 atom stereocenters. The summed E-state index contributed by atoms with van der Waals surface area (Å²) < 4.78 is 12.1. The number of nitrogens with zero attached hydrogens (tertiary/aromatic N) is 6. The van der Waals surface area contributed by atoms with Crippen LogP contribution < -0.4 is 11.2 Å². The Morgan fingerprint density at radius 3 is 2.50 bits per heavy atom. The highest BCUT2D eigenvalue weighted by atomic mass is 16.5. The number of fused-ring (bicyclic) bond motifs is 3. The lowest BCUT2D eigenvalue weighted by Gasteiger charge is -2.26. The standard InChI is InChI=1S/C19H26N6O3/c1-5-6-24-17(26)15-16(21(4)19(24)27)20-18-23(13(2)14(3)25(15)18)8-7-22-9-11-28-12-10-22/h5H,1,6-12H2,2-4H3. The molecule has 0 unspecified atom stereocenters. The van der Waals surface area contributed by atoms with Crippen LogP contribution in [0, 0.1) is 13.8 Å². The van der Waals surface area contributed by atoms with Crippen molar-refractivity contribution in [1.29, 1.82) is 0 Å². The second kappa shape index (κ2) is 7.06. The summed E-state index contributed by atoms with van der Waals surface area (Å²) in [5.41, 5.74) is 2.16. The third-order valence-electron chi connectivity index (χ3n) is 5.69. The summed E-state index contributed by atoms with van der Waals surface area (Å²) >= 11 is 0. The molecule has 0 amide bonds. The SMILES string of the molecule is C=CCn1c(=O)c2c(nc3n(CCN4CCOCC4)c(C)c(C)n23)n(C)c1=O. The molecule has 1 saturated heterocycles. The molecule has 4 heterocycles. The van der Waals surface area contributed by atoms with Crippen LogP contribution in [-0.4, -0.2) is 60.8 Å². The third kappa shape index (κ3) is 2.73. The normalized spacial score (nSPS) is 15.7. The average molecular weight is 386 g/mol. The number of allylic oxidation sites excluding steroid dienone is 1. The van der Waals surface area contributed by atoms with Crippen molar-refractivity contribution >= 4 is 16.9 Å². The maximum absolute atomic E-state index is 13.1. The number of imidazole rings is 2. The van der Waals surface area contributed by atoms with Gasteiger partial charge < -0.3 is 9.30 Å². The van der Waals surface area contributed by atoms with Crippen molar-refractivity contribution in [3.63, 3.8) is 0 Å². The Morgan fingerprint density at radius 1 is 1.11 bits per heavy atom. The van der Waals surface area contributed by atoms with E-state index in [0.29, 0.717) is 16.9 Å². The van der Waals surface area contributed by atoms with Gasteiger partial charge in [0.1, 0.15) is 0 Å². The Kier molecular flexibility index (Phi) is 4.72. The molecule has 0 radical (unpaired) electrons. The summed E-state index contributed by atoms with van der Waals surface area (Å²) in [5.74, 6) is 0.696. The monoisotopic (exact) mass is 386 g/mol. The Balaban J connectivity index is 1.89. The van der Waals surface area contributed by atoms with E-state index in [9.17, 15) is 9.59 Å². The molecule has 150 valence electrons. The minimum absolute atomic E-state index is 0.171. The number of morpholine rings is 1. The molecule has 3 aromatic rings. The van der Waals surface area contributed by atoms with Crippen LogP contribution in [0.2, 0.25) is 0 Å². The van der Waals surface area contributed by atoms with E-state index in [0.717, 1.165) is 50.8 Å². The predicted molar refractivity (Wildman–Crippen MR) is 107 cm³/mol. The number of rotatable bonds is 5. The van der Waals surface area contributed by atoms with Crippen molar-refractivity contribution in [3.05, 3.63) is 44.9 Å². The molecule has 1 aliphatic heterocycles. The predicted octanol–water partition coefficient (Wildman–Crippen LogP) is 0.284. The maximum Gasteiger partial charge on any atom is 0.332 e. The van der Waals surface area contributed by atoms with Gasteiger partial charge in [-0.3, -0.25) is 23.2 Å². The van der Waals surface area contributed by atoms with E-state index in [4.69, 9.17) is 4.74 Å². The number of hydrogen-bond donors (Lipinski definition) is 0. The van der Waals surface area contributed by atoms with Gasteiger partial charge in [-0.1, -0.05) is 6.08 Å². The topological polar surface area (TPSA) is 78.7 Å². The second-order valence-electron chi connectivity index (χ2n) is 7.24. The van der Waals surface area contributed by atoms with E-state index in [1.54, 1.807) is 13.1 Å². The van der Waals surface area contributed by atoms with Crippen LogP contribution in [0.5, 0.6) is 0 Å². The molecule has 0 bridgehead atoms. The fourth-order valence-corrected chi connectivity index (χ4v) is 3.94. The first-order valence-electron chi connectivity index (χ1n) is 9.54. The number of ether oxygens (including phenoxy) is 1. The van der Waals surface area contributed by atoms with E-state index in [1.807, 2.05) is 18.2 Å². The Labute approximate surface area is 162 Å². The van der Waals surface area contributed by atoms with E-state index in [2.05, 4.69) is 21.0 Å². The minimum atomic E-state index is -0.382. The first-order chi connectivity index (χ1) is 13.5. The van der Waals surface area contributed by atoms with Crippen molar-refractivity contribution in [2.45, 2.75) is 26.9 Å². The van der Waals surface area contributed by atoms with Crippen molar-refractivity contribution in [2.24, 2.45) is 7.05 Å². The summed E-state index contributed by atoms with van der Waals surface area (Å²) in [4.78, 5) is 32.7. The summed E-state index contributed by atoms with van der Waals surface area (Å²) in [6.45, 7) is 12.9. The van der Waals surface area contributed by atoms with Crippen molar-refractivity contribution < 1.29 is 4.74 Å². The average Bonchev–Trinajstić information content (AvgIpc) is 3.19. The zero-order valence-corrected chi connectivity index (χ0v) is 16.6. The van der Waals surface area contributed by atoms with Crippen LogP contribution in [0.15, 0.2) is 22.2 Å². The van der Waals surface area contributed by atoms with E-state index >= 15 is 0 Å². The first kappa shape index (κ1) is 18.7. The molecule has 0 saturated carbocycles. The van der Waals surface area contributed by atoms with Gasteiger partial charge in [0.2, 0.25) is 5.78 Å². The van der Waals surface area contributed by atoms with Gasteiger partial charge in [0.05, 0.1) is 13.2 Å². The molecule has 0 aliphatic carbocycles. The highest BCUT2D eigenvalue weighted by molar-refractivity contribution is 5.76. The van der Waals surface area contributed by atoms with Crippen molar-refractivity contribution in [1.82, 2.24) is 28.0 Å². The molecule has 0 spiro atoms. The van der Waals surface area contributed by atoms with Gasteiger partial charge in [-0.15, -0.1) is 6.58 Å². The van der Waals surface area contributed by atoms with Crippen LogP contribution in [0.3, 0.4) is 0 Å². The summed E-state index contributed by atoms with van der Waals surface area (Å²) in [6.07, 6.45) is 1.55. The molecular weight excluding hydrogens is 360 g/mol. The zero-order chi connectivity index (χ0) is 20.0. The summed E-state index contributed by atoms with van der Waals surface area (Å²) in [7, 11) is 1.65. The lowest BCUT2D eigenvalue weighted by Crippen LogP contribution is -2.39. The maximum atomic E-state index is 13.1. The largest absolute Gasteiger partial charge is 0.379 e. The molecule has 0 N–H and O–H groups in total. The second-order valence-corrected chi connectivity index (χ2v) is 7.24. The lowest BCUT2D eigenvalue weighted by molar-refractivity contribution is 0.0364. The minimum Gasteiger partial charge on any atom is -0.379 e. The van der Waals surface area contributed by atoms with Crippen molar-refractivity contribution in [3.8, 4) is 0 Å². The van der Waals surface area contributed by atoms with Gasteiger partial charge in [-0.05, 0) is 13.8 Å². The lowest BCUT2D eigenvalue weighted by atomic mass is 10.3. The van der Waals surface area contributed by atoms with Gasteiger partial charge >= 0.3 is 5.69 Å². The third-order valence-corrected chi connectivity index (χ3v) is 5.69. The molecular formula is C19H26N6O3. The molecule has 0 aromatic carbocycles. The highest BCUT2D eigenvalue weighted by Gasteiger charge is 2.22. The van der Waals surface area contributed by atoms with Crippen LogP contribution in [0.4, 0.5) is 0 Å². The molecule has 9 heteroatoms. The molecule has 3 aromatic heterocycles. The first-order valence-corrected chi connectivity index (χ1v) is 9.54. The molecule has 28 heavy (non-hydrogen) atoms. The van der Waals surface area contributed by atoms with Gasteiger partial charge in [0.15, 0.2) is 11.2 Å². The summed E-state index contributed by atoms with van der Waals surface area (Å²) in [5, 5.41) is 0. The Morgan fingerprint density at radius 2 is 1.82 bits per heavy atom. The van der Waals surface area contributed by atoms with Gasteiger partial charge in [-0.2, -0.15) is 4.98 Å². The van der Waals surface area contributed by atoms with Crippen LogP contribution in [0.1, 0.15) is 11.4 Å². The Hall–Kier alpha value is -2.65. The van der Waals surface area contributed by atoms with E-state index in [1.165, 1.54) is 9.13 Å². The molecule has 4 rings (SSSR count). The summed E-state index contributed by atoms with van der Waals surface area (Å²) in [6, 6.07) is 0. The van der Waals surface area contributed by atoms with E-state index < -0.39 is 0 Å². The van der Waals surface area contributed by atoms with E-state index in [-0.39, 0.29) is 17.8 Å². The number of hydrogen-bond acceptors (Lipinski definition) is 5. The smallest absolute Gasteiger partial charge is 0.332 e. The Bertz CT molecular complexity index is 1170. The zero-order valence-electron chi connectivity index (χ0n) is 16.6. The molecule has 9 nitrogen and oxygen atoms in total. The van der Waals surface area contributed by atoms with Crippen molar-refractivity contribution in [2.75, 3.05) is 32.8 Å². The number of aryl methyl sites for hydroxylation is 2. The fraction of sp³-hybridized carbons (Fsp3) is 0.526. The van der Waals surface area contributed by atoms with Crippen LogP contribution in [0.25, 0.3) is 16.9 Å². The fourth-order valence-electron chi connectivity index (χ4n) is 3.94. The van der Waals surface area contributed by atoms with Crippen LogP contribution >= 0.6 is 0 Å². The molecule has 1 fully saturated rings. The molecule has 1 aliphatic rings. The van der Waals surface area contributed by atoms with Crippen LogP contribution in [-0.2, 0) is 24.9 Å². The number of aromatic nitrogens is 5. The highest BCUT2D eigenvalue weighted by Crippen LogP contribution is 2.20.